The van der Waals surface area contributed by atoms with Crippen LogP contribution >= 0.6 is 6.83 Å². The molecule has 0 fully saturated rings. The average Bonchev–Trinajstić information content (AvgIpc) is 1.37. The summed E-state index contributed by atoms with van der Waals surface area (Å²) < 4.78 is 0. The van der Waals surface area contributed by atoms with Gasteiger partial charge in [-0.2, -0.15) is 0 Å². The topological polar surface area (TPSA) is 0 Å². The second kappa shape index (κ2) is 3.56. The maximum absolute atomic E-state index is 3.44. The standard InChI is InChI=1S/C2H3PSe/c1-2-3-4/h2H,1H2. The van der Waals surface area contributed by atoms with E-state index in [1.807, 2.05) is 0 Å². The van der Waals surface area contributed by atoms with Crippen LogP contribution in [0.5, 0.6) is 0 Å². The molecule has 0 saturated heterocycles. The molecule has 0 heterocycles. The summed E-state index contributed by atoms with van der Waals surface area (Å²) >= 11 is 2.75. The van der Waals surface area contributed by atoms with E-state index >= 15 is 0 Å². The van der Waals surface area contributed by atoms with E-state index in [-0.39, 0.29) is 0 Å². The third-order valence-corrected chi connectivity index (χ3v) is 1.16. The Morgan fingerprint density at radius 2 is 2.25 bits per heavy atom. The third kappa shape index (κ3) is 2.56. The number of hydrogen-bond acceptors (Lipinski definition) is 0. The van der Waals surface area contributed by atoms with E-state index in [2.05, 4.69) is 21.7 Å². The summed E-state index contributed by atoms with van der Waals surface area (Å²) in [5.74, 6) is 1.79. The van der Waals surface area contributed by atoms with Gasteiger partial charge >= 0.3 is 34.3 Å². The first-order valence-corrected chi connectivity index (χ1v) is 4.03. The van der Waals surface area contributed by atoms with Crippen molar-refractivity contribution >= 4 is 21.9 Å². The quantitative estimate of drug-likeness (QED) is 0.375. The molecule has 0 radical (unpaired) electrons. The molecule has 0 nitrogen and oxygen atoms in total. The van der Waals surface area contributed by atoms with Crippen LogP contribution < -0.4 is 0 Å². The Balaban J connectivity index is 2.73. The minimum atomic E-state index is 1.14. The molecule has 0 N–H and O–H groups in total. The van der Waals surface area contributed by atoms with Gasteiger partial charge in [0.15, 0.2) is 0 Å². The summed E-state index contributed by atoms with van der Waals surface area (Å²) in [5, 5.41) is 0. The first kappa shape index (κ1) is 4.56. The van der Waals surface area contributed by atoms with Crippen LogP contribution in [0, 0.1) is 0 Å². The Bertz CT molecular complexity index is 27.0. The van der Waals surface area contributed by atoms with Crippen LogP contribution in [0.1, 0.15) is 0 Å². The monoisotopic (exact) mass is 138 g/mol. The zero-order valence-electron chi connectivity index (χ0n) is 2.14. The summed E-state index contributed by atoms with van der Waals surface area (Å²) in [7, 11) is 0. The molecule has 4 heavy (non-hydrogen) atoms. The maximum atomic E-state index is 3.44. The summed E-state index contributed by atoms with van der Waals surface area (Å²) in [4.78, 5) is 0. The third-order valence-electron chi connectivity index (χ3n) is 0.0745. The Hall–Kier alpha value is 0.559. The van der Waals surface area contributed by atoms with E-state index in [0.717, 1.165) is 6.83 Å². The van der Waals surface area contributed by atoms with Crippen molar-refractivity contribution in [3.63, 3.8) is 0 Å². The number of hydrogen-bond donors (Lipinski definition) is 0. The molecule has 0 aromatic carbocycles. The summed E-state index contributed by atoms with van der Waals surface area (Å²) in [6, 6.07) is 0. The number of rotatable bonds is 1. The first-order chi connectivity index (χ1) is 1.91. The Kier molecular flexibility index (Phi) is 4.06. The molecule has 0 aliphatic carbocycles. The van der Waals surface area contributed by atoms with Crippen molar-refractivity contribution in [3.05, 3.63) is 12.4 Å². The molecule has 0 spiro atoms. The van der Waals surface area contributed by atoms with E-state index in [9.17, 15) is 0 Å². The summed E-state index contributed by atoms with van der Waals surface area (Å²) in [6.07, 6.45) is 0. The molecule has 0 unspecified atom stereocenters. The van der Waals surface area contributed by atoms with Crippen molar-refractivity contribution in [1.82, 2.24) is 0 Å². The van der Waals surface area contributed by atoms with Gasteiger partial charge in [0.1, 0.15) is 0 Å². The van der Waals surface area contributed by atoms with E-state index in [1.165, 1.54) is 0 Å². The molecule has 0 rings (SSSR count). The molecule has 0 amide bonds. The van der Waals surface area contributed by atoms with Gasteiger partial charge < -0.3 is 0 Å². The minimum absolute atomic E-state index is 1.14. The van der Waals surface area contributed by atoms with Gasteiger partial charge in [0.2, 0.25) is 0 Å². The fourth-order valence-electron chi connectivity index (χ4n) is 0. The normalized spacial score (nSPS) is 7.00. The van der Waals surface area contributed by atoms with Crippen molar-refractivity contribution in [2.24, 2.45) is 0 Å². The second-order valence-electron chi connectivity index (χ2n) is 0.288. The van der Waals surface area contributed by atoms with Gasteiger partial charge in [-0.3, -0.25) is 0 Å². The van der Waals surface area contributed by atoms with Gasteiger partial charge in [-0.05, 0) is 0 Å². The second-order valence-corrected chi connectivity index (χ2v) is 2.19. The van der Waals surface area contributed by atoms with Crippen LogP contribution in [0.15, 0.2) is 12.4 Å². The molecule has 0 bridgehead atoms. The van der Waals surface area contributed by atoms with Crippen molar-refractivity contribution in [2.45, 2.75) is 0 Å². The molecule has 0 aromatic heterocycles. The van der Waals surface area contributed by atoms with Crippen molar-refractivity contribution < 1.29 is 0 Å². The zero-order chi connectivity index (χ0) is 3.41. The van der Waals surface area contributed by atoms with Gasteiger partial charge in [-0.1, -0.05) is 0 Å². The molecular formula is C2H3PSe. The predicted octanol–water partition coefficient (Wildman–Crippen LogP) is 1.16. The predicted molar refractivity (Wildman–Crippen MR) is 22.9 cm³/mol. The molecule has 2 heteroatoms. The van der Waals surface area contributed by atoms with Crippen LogP contribution in [0.4, 0.5) is 0 Å². The van der Waals surface area contributed by atoms with E-state index in [0.29, 0.717) is 0 Å². The van der Waals surface area contributed by atoms with E-state index in [1.54, 1.807) is 5.82 Å². The van der Waals surface area contributed by atoms with Gasteiger partial charge in [0.25, 0.3) is 0 Å². The average molecular weight is 137 g/mol. The van der Waals surface area contributed by atoms with Crippen LogP contribution in [0.3, 0.4) is 0 Å². The first-order valence-electron chi connectivity index (χ1n) is 0.849. The Labute approximate surface area is 35.0 Å². The SMILES string of the molecule is C=CP=[Se]. The van der Waals surface area contributed by atoms with Crippen LogP contribution in [-0.4, -0.2) is 15.1 Å². The van der Waals surface area contributed by atoms with E-state index < -0.39 is 0 Å². The van der Waals surface area contributed by atoms with Gasteiger partial charge in [-0.15, -0.1) is 0 Å². The van der Waals surface area contributed by atoms with Gasteiger partial charge in [0, 0.05) is 0 Å². The van der Waals surface area contributed by atoms with Crippen LogP contribution in [0.2, 0.25) is 0 Å². The fourth-order valence-corrected chi connectivity index (χ4v) is 0. The van der Waals surface area contributed by atoms with Crippen LogP contribution in [0.25, 0.3) is 0 Å². The molecule has 0 aliphatic rings. The molecule has 0 atom stereocenters. The fraction of sp³-hybridized carbons (Fsp3) is 0. The molecule has 0 saturated carbocycles. The van der Waals surface area contributed by atoms with Crippen molar-refractivity contribution in [3.8, 4) is 0 Å². The van der Waals surface area contributed by atoms with Crippen molar-refractivity contribution in [1.29, 1.82) is 0 Å². The molecule has 22 valence electrons. The molecular weight excluding hydrogens is 134 g/mol. The Morgan fingerprint density at radius 1 is 2.00 bits per heavy atom. The van der Waals surface area contributed by atoms with Crippen LogP contribution in [-0.2, 0) is 0 Å². The van der Waals surface area contributed by atoms with Crippen molar-refractivity contribution in [2.75, 3.05) is 0 Å². The zero-order valence-corrected chi connectivity index (χ0v) is 4.75. The Morgan fingerprint density at radius 3 is 2.25 bits per heavy atom. The summed E-state index contributed by atoms with van der Waals surface area (Å²) in [6.45, 7) is 4.57. The van der Waals surface area contributed by atoms with Gasteiger partial charge in [0.05, 0.1) is 0 Å². The molecule has 0 aliphatic heterocycles. The van der Waals surface area contributed by atoms with Gasteiger partial charge in [-0.25, -0.2) is 0 Å². The van der Waals surface area contributed by atoms with E-state index in [4.69, 9.17) is 0 Å². The molecule has 0 aromatic rings. The summed E-state index contributed by atoms with van der Waals surface area (Å²) in [5.41, 5.74) is 0.